The maximum Gasteiger partial charge on any atom is 0.459 e. The van der Waals surface area contributed by atoms with Gasteiger partial charge in [-0.25, -0.2) is 9.36 Å². The van der Waals surface area contributed by atoms with E-state index in [0.717, 1.165) is 12.3 Å². The third kappa shape index (κ3) is 5.73. The van der Waals surface area contributed by atoms with Gasteiger partial charge in [-0.15, -0.1) is 0 Å². The zero-order chi connectivity index (χ0) is 25.9. The monoisotopic (exact) mass is 530 g/mol. The van der Waals surface area contributed by atoms with Crippen LogP contribution in [-0.2, 0) is 23.4 Å². The Labute approximate surface area is 203 Å². The van der Waals surface area contributed by atoms with Crippen LogP contribution in [0.15, 0.2) is 47.4 Å². The number of nitrogens with zero attached hydrogens (tertiary/aromatic N) is 2. The molecule has 3 heterocycles. The molecule has 2 aliphatic rings. The van der Waals surface area contributed by atoms with E-state index in [1.54, 1.807) is 18.2 Å². The Hall–Kier alpha value is -2.90. The van der Waals surface area contributed by atoms with Gasteiger partial charge < -0.3 is 24.8 Å². The molecule has 0 amide bonds. The lowest BCUT2D eigenvalue weighted by Crippen LogP contribution is -2.42. The summed E-state index contributed by atoms with van der Waals surface area (Å²) in [6.45, 7) is -0.622. The minimum atomic E-state index is -4.38. The van der Waals surface area contributed by atoms with Crippen molar-refractivity contribution in [3.05, 3.63) is 53.1 Å². The average Bonchev–Trinajstić information content (AvgIpc) is 2.94. The number of benzene rings is 1. The first-order valence-corrected chi connectivity index (χ1v) is 12.6. The number of ether oxygens (including phenoxy) is 2. The highest BCUT2D eigenvalue weighted by molar-refractivity contribution is 7.52. The minimum Gasteiger partial charge on any atom is -0.465 e. The minimum absolute atomic E-state index is 0.117. The van der Waals surface area contributed by atoms with Crippen LogP contribution in [0.4, 0.5) is 14.6 Å². The number of alkyl halides is 2. The van der Waals surface area contributed by atoms with Crippen molar-refractivity contribution in [2.75, 3.05) is 18.9 Å². The summed E-state index contributed by atoms with van der Waals surface area (Å²) in [6.07, 6.45) is -3.92. The summed E-state index contributed by atoms with van der Waals surface area (Å²) in [4.78, 5) is 27.7. The number of nitrogens with one attached hydrogen (secondary N) is 1. The summed E-state index contributed by atoms with van der Waals surface area (Å²) >= 11 is 0. The highest BCUT2D eigenvalue weighted by Crippen LogP contribution is 2.48. The molecule has 3 unspecified atom stereocenters. The number of hydrogen-bond acceptors (Lipinski definition) is 10. The molecule has 0 bridgehead atoms. The van der Waals surface area contributed by atoms with Crippen LogP contribution in [0.5, 0.6) is 5.75 Å². The fourth-order valence-corrected chi connectivity index (χ4v) is 5.28. The highest BCUT2D eigenvalue weighted by Gasteiger charge is 2.60. The van der Waals surface area contributed by atoms with Crippen LogP contribution in [0.25, 0.3) is 0 Å². The van der Waals surface area contributed by atoms with Crippen molar-refractivity contribution < 1.29 is 41.8 Å². The van der Waals surface area contributed by atoms with Crippen LogP contribution in [0.3, 0.4) is 0 Å². The van der Waals surface area contributed by atoms with E-state index in [4.69, 9.17) is 24.3 Å². The molecular weight excluding hydrogens is 505 g/mol. The van der Waals surface area contributed by atoms with E-state index >= 15 is 0 Å². The number of carbonyl (C=O) groups is 1. The van der Waals surface area contributed by atoms with Crippen molar-refractivity contribution in [1.82, 2.24) is 14.6 Å². The van der Waals surface area contributed by atoms with Crippen molar-refractivity contribution in [1.29, 1.82) is 0 Å². The van der Waals surface area contributed by atoms with Gasteiger partial charge in [0.05, 0.1) is 13.2 Å². The second kappa shape index (κ2) is 10.6. The predicted molar refractivity (Wildman–Crippen MR) is 120 cm³/mol. The molecule has 2 aromatic rings. The van der Waals surface area contributed by atoms with E-state index in [2.05, 4.69) is 10.1 Å². The molecule has 2 fully saturated rings. The fourth-order valence-electron chi connectivity index (χ4n) is 3.74. The Morgan fingerprint density at radius 1 is 1.25 bits per heavy atom. The van der Waals surface area contributed by atoms with Crippen LogP contribution in [0, 0.1) is 0 Å². The van der Waals surface area contributed by atoms with E-state index < -0.39 is 56.4 Å². The number of para-hydroxylation sites is 1. The molecule has 2 saturated heterocycles. The molecule has 1 aromatic carbocycles. The molecule has 0 radical (unpaired) electrons. The lowest BCUT2D eigenvalue weighted by atomic mass is 10.1. The van der Waals surface area contributed by atoms with Gasteiger partial charge in [-0.3, -0.25) is 13.9 Å². The molecule has 196 valence electrons. The number of aliphatic hydroxyl groups is 1. The van der Waals surface area contributed by atoms with Gasteiger partial charge in [0, 0.05) is 6.20 Å². The number of aromatic nitrogens is 2. The smallest absolute Gasteiger partial charge is 0.459 e. The van der Waals surface area contributed by atoms with Crippen molar-refractivity contribution >= 4 is 19.5 Å². The molecule has 1 aromatic heterocycles. The van der Waals surface area contributed by atoms with Gasteiger partial charge in [0.2, 0.25) is 6.23 Å². The van der Waals surface area contributed by atoms with Crippen LogP contribution in [0.1, 0.15) is 25.5 Å². The molecule has 15 heteroatoms. The normalized spacial score (nSPS) is 27.6. The maximum atomic E-state index is 14.8. The summed E-state index contributed by atoms with van der Waals surface area (Å²) < 4.78 is 64.9. The molecule has 5 atom stereocenters. The Balaban J connectivity index is 1.53. The number of hydrogen-bond donors (Lipinski definition) is 3. The summed E-state index contributed by atoms with van der Waals surface area (Å²) in [5, 5.41) is 12.8. The Morgan fingerprint density at radius 2 is 2.00 bits per heavy atom. The number of carbonyl (C=O) groups excluding carboxylic acids is 1. The number of halogens is 2. The number of esters is 1. The standard InChI is InChI=1S/C21H25F2N4O8P/c22-21(23)17(28)15(34-19(21)27-10-9-16(24)25-20(27)30)12-33-36(31,35-13-6-2-1-3-7-13)26-14-8-4-5-11-32-18(14)29/h1-3,6-7,9-10,14-15,17,19,28H,4-5,8,11-12H2,(H,26,31)(H2,24,25,30)/t14?,15?,17-,19-,36?/m1/s1. The van der Waals surface area contributed by atoms with E-state index in [0.29, 0.717) is 17.4 Å². The number of aliphatic hydroxyl groups excluding tert-OH is 1. The molecule has 4 rings (SSSR count). The third-order valence-electron chi connectivity index (χ3n) is 5.59. The zero-order valence-electron chi connectivity index (χ0n) is 18.9. The van der Waals surface area contributed by atoms with Gasteiger partial charge in [-0.2, -0.15) is 18.9 Å². The van der Waals surface area contributed by atoms with Crippen molar-refractivity contribution in [2.45, 2.75) is 49.7 Å². The maximum absolute atomic E-state index is 14.8. The van der Waals surface area contributed by atoms with Crippen LogP contribution in [-0.4, -0.2) is 58.0 Å². The SMILES string of the molecule is Nc1ccn([C@@H]2OC(COP(=O)(NC3CCCCOC3=O)Oc3ccccc3)[C@@H](O)C2(F)F)c(=O)n1. The second-order valence-corrected chi connectivity index (χ2v) is 9.92. The highest BCUT2D eigenvalue weighted by atomic mass is 31.2. The quantitative estimate of drug-likeness (QED) is 0.335. The second-order valence-electron chi connectivity index (χ2n) is 8.23. The van der Waals surface area contributed by atoms with E-state index in [-0.39, 0.29) is 24.6 Å². The lowest BCUT2D eigenvalue weighted by Gasteiger charge is -2.25. The van der Waals surface area contributed by atoms with E-state index in [1.807, 2.05) is 0 Å². The van der Waals surface area contributed by atoms with Gasteiger partial charge >= 0.3 is 25.3 Å². The van der Waals surface area contributed by atoms with Crippen molar-refractivity contribution in [3.8, 4) is 5.75 Å². The average molecular weight is 530 g/mol. The van der Waals surface area contributed by atoms with E-state index in [9.17, 15) is 28.0 Å². The van der Waals surface area contributed by atoms with Crippen molar-refractivity contribution in [3.63, 3.8) is 0 Å². The topological polar surface area (TPSA) is 164 Å². The van der Waals surface area contributed by atoms with Gasteiger partial charge in [-0.05, 0) is 37.5 Å². The molecule has 0 spiro atoms. The molecule has 0 saturated carbocycles. The first-order valence-electron chi connectivity index (χ1n) is 11.1. The molecule has 4 N–H and O–H groups in total. The molecule has 36 heavy (non-hydrogen) atoms. The van der Waals surface area contributed by atoms with Gasteiger partial charge in [0.25, 0.3) is 0 Å². The summed E-state index contributed by atoms with van der Waals surface area (Å²) in [6, 6.07) is 7.94. The predicted octanol–water partition coefficient (Wildman–Crippen LogP) is 1.61. The first-order chi connectivity index (χ1) is 17.1. The number of rotatable bonds is 8. The Bertz CT molecular complexity index is 1180. The summed E-state index contributed by atoms with van der Waals surface area (Å²) in [5.74, 6) is -4.66. The summed E-state index contributed by atoms with van der Waals surface area (Å²) in [5.41, 5.74) is 4.29. The van der Waals surface area contributed by atoms with Crippen LogP contribution in [0.2, 0.25) is 0 Å². The number of cyclic esters (lactones) is 1. The Kier molecular flexibility index (Phi) is 7.71. The van der Waals surface area contributed by atoms with Gasteiger partial charge in [0.15, 0.2) is 6.10 Å². The number of anilines is 1. The molecule has 2 aliphatic heterocycles. The molecular formula is C21H25F2N4O8P. The largest absolute Gasteiger partial charge is 0.465 e. The third-order valence-corrected chi connectivity index (χ3v) is 7.16. The zero-order valence-corrected chi connectivity index (χ0v) is 19.8. The van der Waals surface area contributed by atoms with Crippen LogP contribution >= 0.6 is 7.75 Å². The number of nitrogens with two attached hydrogens (primary N) is 1. The number of nitrogen functional groups attached to an aromatic ring is 1. The van der Waals surface area contributed by atoms with Crippen molar-refractivity contribution in [2.24, 2.45) is 0 Å². The molecule has 12 nitrogen and oxygen atoms in total. The van der Waals surface area contributed by atoms with Gasteiger partial charge in [0.1, 0.15) is 23.7 Å². The van der Waals surface area contributed by atoms with Crippen LogP contribution < -0.4 is 21.0 Å². The van der Waals surface area contributed by atoms with E-state index in [1.165, 1.54) is 12.1 Å². The first kappa shape index (κ1) is 26.2. The summed E-state index contributed by atoms with van der Waals surface area (Å²) in [7, 11) is -4.38. The van der Waals surface area contributed by atoms with Gasteiger partial charge in [-0.1, -0.05) is 18.2 Å². The molecule has 0 aliphatic carbocycles. The fraction of sp³-hybridized carbons (Fsp3) is 0.476. The lowest BCUT2D eigenvalue weighted by molar-refractivity contribution is -0.144. The Morgan fingerprint density at radius 3 is 2.72 bits per heavy atom.